The molecule has 1 heterocycles. The molecule has 0 radical (unpaired) electrons. The lowest BCUT2D eigenvalue weighted by Gasteiger charge is -2.12. The molecule has 78 valence electrons. The molecule has 1 atom stereocenters. The highest BCUT2D eigenvalue weighted by atomic mass is 35.5. The van der Waals surface area contributed by atoms with Crippen LogP contribution in [0, 0.1) is 0 Å². The van der Waals surface area contributed by atoms with E-state index in [1.165, 1.54) is 13.3 Å². The van der Waals surface area contributed by atoms with Crippen LogP contribution in [-0.4, -0.2) is 23.7 Å². The van der Waals surface area contributed by atoms with Crippen molar-refractivity contribution < 1.29 is 9.84 Å². The molecule has 0 aliphatic heterocycles. The predicted molar refractivity (Wildman–Crippen MR) is 54.4 cm³/mol. The Kier molecular flexibility index (Phi) is 4.13. The monoisotopic (exact) mass is 216 g/mol. The number of pyridine rings is 1. The van der Waals surface area contributed by atoms with Gasteiger partial charge in [-0.3, -0.25) is 0 Å². The molecule has 0 aliphatic rings. The van der Waals surface area contributed by atoms with Gasteiger partial charge in [0, 0.05) is 11.8 Å². The molecule has 0 bridgehead atoms. The van der Waals surface area contributed by atoms with Crippen LogP contribution in [-0.2, 0) is 0 Å². The van der Waals surface area contributed by atoms with Crippen LogP contribution < -0.4 is 10.5 Å². The molecule has 0 saturated heterocycles. The maximum Gasteiger partial charge on any atom is 0.218 e. The van der Waals surface area contributed by atoms with E-state index >= 15 is 0 Å². The zero-order valence-electron chi connectivity index (χ0n) is 7.90. The SMILES string of the molecule is COc1ncc(Cl)cc1C(O)CCN. The van der Waals surface area contributed by atoms with Crippen molar-refractivity contribution in [2.75, 3.05) is 13.7 Å². The van der Waals surface area contributed by atoms with Crippen LogP contribution in [0.3, 0.4) is 0 Å². The van der Waals surface area contributed by atoms with E-state index in [4.69, 9.17) is 22.1 Å². The molecule has 0 aromatic carbocycles. The second kappa shape index (κ2) is 5.14. The minimum absolute atomic E-state index is 0.385. The van der Waals surface area contributed by atoms with Gasteiger partial charge in [-0.05, 0) is 19.0 Å². The first kappa shape index (κ1) is 11.2. The van der Waals surface area contributed by atoms with E-state index in [2.05, 4.69) is 4.98 Å². The number of hydrogen-bond donors (Lipinski definition) is 2. The van der Waals surface area contributed by atoms with Gasteiger partial charge in [0.25, 0.3) is 0 Å². The Hall–Kier alpha value is -0.840. The van der Waals surface area contributed by atoms with E-state index in [9.17, 15) is 5.11 Å². The van der Waals surface area contributed by atoms with Gasteiger partial charge < -0.3 is 15.6 Å². The molecule has 1 aromatic heterocycles. The number of nitrogens with zero attached hydrogens (tertiary/aromatic N) is 1. The summed E-state index contributed by atoms with van der Waals surface area (Å²) in [6, 6.07) is 1.63. The summed E-state index contributed by atoms with van der Waals surface area (Å²) >= 11 is 5.76. The Balaban J connectivity index is 2.97. The molecule has 0 fully saturated rings. The van der Waals surface area contributed by atoms with Gasteiger partial charge in [-0.2, -0.15) is 0 Å². The highest BCUT2D eigenvalue weighted by Crippen LogP contribution is 2.27. The molecule has 1 unspecified atom stereocenters. The van der Waals surface area contributed by atoms with E-state index in [-0.39, 0.29) is 0 Å². The highest BCUT2D eigenvalue weighted by Gasteiger charge is 2.14. The molecule has 0 amide bonds. The van der Waals surface area contributed by atoms with E-state index in [1.54, 1.807) is 6.07 Å². The smallest absolute Gasteiger partial charge is 0.218 e. The van der Waals surface area contributed by atoms with Crippen LogP contribution >= 0.6 is 11.6 Å². The number of methoxy groups -OCH3 is 1. The number of aliphatic hydroxyl groups excluding tert-OH is 1. The molecule has 0 aliphatic carbocycles. The van der Waals surface area contributed by atoms with Gasteiger partial charge in [-0.25, -0.2) is 4.98 Å². The predicted octanol–water partition coefficient (Wildman–Crippen LogP) is 1.13. The largest absolute Gasteiger partial charge is 0.481 e. The van der Waals surface area contributed by atoms with Crippen molar-refractivity contribution in [3.63, 3.8) is 0 Å². The van der Waals surface area contributed by atoms with Crippen molar-refractivity contribution in [1.29, 1.82) is 0 Å². The molecule has 1 rings (SSSR count). The average Bonchev–Trinajstić information content (AvgIpc) is 2.18. The Morgan fingerprint density at radius 1 is 1.71 bits per heavy atom. The summed E-state index contributed by atoms with van der Waals surface area (Å²) in [5, 5.41) is 10.2. The standard InChI is InChI=1S/C9H13ClN2O2/c1-14-9-7(8(13)2-3-11)4-6(10)5-12-9/h4-5,8,13H,2-3,11H2,1H3. The van der Waals surface area contributed by atoms with Crippen LogP contribution in [0.1, 0.15) is 18.1 Å². The lowest BCUT2D eigenvalue weighted by atomic mass is 10.1. The first-order valence-electron chi connectivity index (χ1n) is 4.26. The quantitative estimate of drug-likeness (QED) is 0.792. The fourth-order valence-corrected chi connectivity index (χ4v) is 1.33. The van der Waals surface area contributed by atoms with Gasteiger partial charge in [-0.1, -0.05) is 11.6 Å². The number of halogens is 1. The molecular formula is C9H13ClN2O2. The van der Waals surface area contributed by atoms with Crippen LogP contribution in [0.25, 0.3) is 0 Å². The van der Waals surface area contributed by atoms with Gasteiger partial charge in [0.05, 0.1) is 18.2 Å². The number of nitrogens with two attached hydrogens (primary N) is 1. The second-order valence-corrected chi connectivity index (χ2v) is 3.28. The van der Waals surface area contributed by atoms with Crippen molar-refractivity contribution >= 4 is 11.6 Å². The third-order valence-corrected chi connectivity index (χ3v) is 2.04. The van der Waals surface area contributed by atoms with Gasteiger partial charge in [-0.15, -0.1) is 0 Å². The van der Waals surface area contributed by atoms with Crippen LogP contribution in [0.5, 0.6) is 5.88 Å². The summed E-state index contributed by atoms with van der Waals surface area (Å²) in [7, 11) is 1.49. The summed E-state index contributed by atoms with van der Waals surface area (Å²) < 4.78 is 5.00. The minimum Gasteiger partial charge on any atom is -0.481 e. The van der Waals surface area contributed by atoms with Crippen LogP contribution in [0.15, 0.2) is 12.3 Å². The molecule has 0 spiro atoms. The Morgan fingerprint density at radius 3 is 3.00 bits per heavy atom. The van der Waals surface area contributed by atoms with Crippen molar-refractivity contribution in [3.8, 4) is 5.88 Å². The van der Waals surface area contributed by atoms with Gasteiger partial charge in [0.15, 0.2) is 0 Å². The molecule has 5 heteroatoms. The Bertz CT molecular complexity index is 307. The van der Waals surface area contributed by atoms with Crippen LogP contribution in [0.2, 0.25) is 5.02 Å². The molecule has 1 aromatic rings. The number of ether oxygens (including phenoxy) is 1. The lowest BCUT2D eigenvalue weighted by Crippen LogP contribution is -2.08. The number of hydrogen-bond acceptors (Lipinski definition) is 4. The van der Waals surface area contributed by atoms with Gasteiger partial charge in [0.1, 0.15) is 0 Å². The number of rotatable bonds is 4. The lowest BCUT2D eigenvalue weighted by molar-refractivity contribution is 0.165. The number of aromatic nitrogens is 1. The third kappa shape index (κ3) is 2.57. The fraction of sp³-hybridized carbons (Fsp3) is 0.444. The molecule has 4 nitrogen and oxygen atoms in total. The second-order valence-electron chi connectivity index (χ2n) is 2.85. The van der Waals surface area contributed by atoms with E-state index in [1.807, 2.05) is 0 Å². The Morgan fingerprint density at radius 2 is 2.43 bits per heavy atom. The normalized spacial score (nSPS) is 12.6. The first-order chi connectivity index (χ1) is 6.69. The first-order valence-corrected chi connectivity index (χ1v) is 4.64. The van der Waals surface area contributed by atoms with Crippen molar-refractivity contribution in [2.24, 2.45) is 5.73 Å². The Labute approximate surface area is 87.7 Å². The van der Waals surface area contributed by atoms with Gasteiger partial charge in [0.2, 0.25) is 5.88 Å². The van der Waals surface area contributed by atoms with E-state index in [0.29, 0.717) is 29.4 Å². The van der Waals surface area contributed by atoms with Crippen molar-refractivity contribution in [2.45, 2.75) is 12.5 Å². The summed E-state index contributed by atoms with van der Waals surface area (Å²) in [4.78, 5) is 3.95. The van der Waals surface area contributed by atoms with Gasteiger partial charge >= 0.3 is 0 Å². The number of aliphatic hydroxyl groups is 1. The van der Waals surface area contributed by atoms with Crippen molar-refractivity contribution in [1.82, 2.24) is 4.98 Å². The minimum atomic E-state index is -0.679. The third-order valence-electron chi connectivity index (χ3n) is 1.84. The molecular weight excluding hydrogens is 204 g/mol. The topological polar surface area (TPSA) is 68.4 Å². The van der Waals surface area contributed by atoms with E-state index in [0.717, 1.165) is 0 Å². The molecule has 14 heavy (non-hydrogen) atoms. The summed E-state index contributed by atoms with van der Waals surface area (Å²) in [5.74, 6) is 0.385. The van der Waals surface area contributed by atoms with Crippen molar-refractivity contribution in [3.05, 3.63) is 22.8 Å². The maximum atomic E-state index is 9.70. The summed E-state index contributed by atoms with van der Waals surface area (Å²) in [6.07, 6.45) is 1.25. The van der Waals surface area contributed by atoms with Crippen LogP contribution in [0.4, 0.5) is 0 Å². The fourth-order valence-electron chi connectivity index (χ4n) is 1.17. The zero-order chi connectivity index (χ0) is 10.6. The summed E-state index contributed by atoms with van der Waals surface area (Å²) in [5.41, 5.74) is 5.92. The average molecular weight is 217 g/mol. The molecule has 3 N–H and O–H groups in total. The highest BCUT2D eigenvalue weighted by molar-refractivity contribution is 6.30. The maximum absolute atomic E-state index is 9.70. The van der Waals surface area contributed by atoms with E-state index < -0.39 is 6.10 Å². The summed E-state index contributed by atoms with van der Waals surface area (Å²) in [6.45, 7) is 0.400. The zero-order valence-corrected chi connectivity index (χ0v) is 8.66. The molecule has 0 saturated carbocycles.